The molecule has 1 aromatic heterocycles. The average molecular weight is 398 g/mol. The van der Waals surface area contributed by atoms with E-state index in [1.807, 2.05) is 13.8 Å². The maximum Gasteiger partial charge on any atom is 0.295 e. The number of hydrogen-bond acceptors (Lipinski definition) is 5. The fourth-order valence-electron chi connectivity index (χ4n) is 3.27. The van der Waals surface area contributed by atoms with Crippen molar-refractivity contribution in [2.75, 3.05) is 13.2 Å². The molecule has 0 aliphatic carbocycles. The molecule has 29 heavy (non-hydrogen) atoms. The maximum atomic E-state index is 13.3. The molecular weight excluding hydrogens is 375 g/mol. The molecule has 6 nitrogen and oxygen atoms in total. The van der Waals surface area contributed by atoms with Gasteiger partial charge in [-0.2, -0.15) is 0 Å². The number of pyridine rings is 1. The van der Waals surface area contributed by atoms with Crippen molar-refractivity contribution in [3.8, 4) is 0 Å². The molecule has 1 saturated heterocycles. The number of hydrogen-bond donors (Lipinski definition) is 1. The van der Waals surface area contributed by atoms with Gasteiger partial charge in [-0.3, -0.25) is 14.6 Å². The predicted octanol–water partition coefficient (Wildman–Crippen LogP) is 3.46. The number of carbonyl (C=O) groups excluding carboxylic acids is 2. The van der Waals surface area contributed by atoms with Gasteiger partial charge in [0.25, 0.3) is 11.7 Å². The first-order valence-corrected chi connectivity index (χ1v) is 9.47. The van der Waals surface area contributed by atoms with Crippen LogP contribution in [0.15, 0.2) is 54.2 Å². The van der Waals surface area contributed by atoms with E-state index in [0.717, 1.165) is 0 Å². The van der Waals surface area contributed by atoms with Crippen LogP contribution in [0, 0.1) is 5.82 Å². The lowest BCUT2D eigenvalue weighted by molar-refractivity contribution is -0.140. The van der Waals surface area contributed by atoms with Crippen LogP contribution in [0.3, 0.4) is 0 Å². The molecule has 7 heteroatoms. The zero-order chi connectivity index (χ0) is 21.0. The third-order valence-electron chi connectivity index (χ3n) is 4.62. The first kappa shape index (κ1) is 20.7. The second kappa shape index (κ2) is 8.96. The van der Waals surface area contributed by atoms with E-state index in [0.29, 0.717) is 18.7 Å². The largest absolute Gasteiger partial charge is 0.507 e. The molecule has 152 valence electrons. The van der Waals surface area contributed by atoms with Gasteiger partial charge in [-0.15, -0.1) is 0 Å². The van der Waals surface area contributed by atoms with Crippen LogP contribution in [0.2, 0.25) is 0 Å². The van der Waals surface area contributed by atoms with Crippen molar-refractivity contribution in [1.82, 2.24) is 9.88 Å². The van der Waals surface area contributed by atoms with Gasteiger partial charge in [-0.1, -0.05) is 6.07 Å². The number of likely N-dealkylation sites (tertiary alicyclic amines) is 1. The highest BCUT2D eigenvalue weighted by molar-refractivity contribution is 6.46. The van der Waals surface area contributed by atoms with Crippen molar-refractivity contribution in [1.29, 1.82) is 0 Å². The molecule has 1 atom stereocenters. The van der Waals surface area contributed by atoms with Gasteiger partial charge < -0.3 is 14.7 Å². The summed E-state index contributed by atoms with van der Waals surface area (Å²) in [6.07, 6.45) is 2.16. The Hall–Kier alpha value is -3.06. The van der Waals surface area contributed by atoms with E-state index in [2.05, 4.69) is 4.98 Å². The number of aliphatic hydroxyl groups excluding tert-OH is 1. The van der Waals surface area contributed by atoms with E-state index in [-0.39, 0.29) is 29.5 Å². The molecule has 1 aliphatic heterocycles. The highest BCUT2D eigenvalue weighted by atomic mass is 19.1. The van der Waals surface area contributed by atoms with Gasteiger partial charge in [-0.05, 0) is 56.7 Å². The summed E-state index contributed by atoms with van der Waals surface area (Å²) in [5.74, 6) is -2.30. The summed E-state index contributed by atoms with van der Waals surface area (Å²) < 4.78 is 18.8. The molecule has 1 fully saturated rings. The minimum atomic E-state index is -0.819. The number of amides is 1. The Balaban J connectivity index is 1.99. The minimum absolute atomic E-state index is 0.0508. The number of benzene rings is 1. The van der Waals surface area contributed by atoms with Crippen LogP contribution in [0.1, 0.15) is 37.6 Å². The molecule has 0 saturated carbocycles. The Morgan fingerprint density at radius 3 is 2.55 bits per heavy atom. The van der Waals surface area contributed by atoms with Gasteiger partial charge in [0.05, 0.1) is 17.4 Å². The minimum Gasteiger partial charge on any atom is -0.507 e. The number of ketones is 1. The monoisotopic (exact) mass is 398 g/mol. The molecule has 1 aliphatic rings. The van der Waals surface area contributed by atoms with Crippen LogP contribution in [-0.2, 0) is 14.3 Å². The van der Waals surface area contributed by atoms with Crippen molar-refractivity contribution in [3.63, 3.8) is 0 Å². The Bertz CT molecular complexity index is 910. The fraction of sp³-hybridized carbons (Fsp3) is 0.318. The van der Waals surface area contributed by atoms with Crippen molar-refractivity contribution < 1.29 is 23.8 Å². The third-order valence-corrected chi connectivity index (χ3v) is 4.62. The summed E-state index contributed by atoms with van der Waals surface area (Å²) in [4.78, 5) is 31.2. The number of carbonyl (C=O) groups is 2. The molecule has 1 amide bonds. The molecule has 1 N–H and O–H groups in total. The van der Waals surface area contributed by atoms with Crippen molar-refractivity contribution in [2.45, 2.75) is 32.4 Å². The summed E-state index contributed by atoms with van der Waals surface area (Å²) in [6, 6.07) is 9.46. The van der Waals surface area contributed by atoms with Gasteiger partial charge in [0, 0.05) is 24.9 Å². The number of ether oxygens (including phenoxy) is 1. The predicted molar refractivity (Wildman–Crippen MR) is 105 cm³/mol. The van der Waals surface area contributed by atoms with E-state index < -0.39 is 23.5 Å². The number of halogens is 1. The van der Waals surface area contributed by atoms with E-state index in [4.69, 9.17) is 4.74 Å². The Morgan fingerprint density at radius 2 is 1.93 bits per heavy atom. The second-order valence-corrected chi connectivity index (χ2v) is 7.03. The van der Waals surface area contributed by atoms with Crippen LogP contribution in [0.25, 0.3) is 5.76 Å². The smallest absolute Gasteiger partial charge is 0.295 e. The first-order valence-electron chi connectivity index (χ1n) is 9.47. The Morgan fingerprint density at radius 1 is 1.21 bits per heavy atom. The van der Waals surface area contributed by atoms with Crippen molar-refractivity contribution in [3.05, 3.63) is 71.3 Å². The summed E-state index contributed by atoms with van der Waals surface area (Å²) >= 11 is 0. The van der Waals surface area contributed by atoms with E-state index in [1.54, 1.807) is 24.4 Å². The molecule has 0 spiro atoms. The normalized spacial score (nSPS) is 18.6. The van der Waals surface area contributed by atoms with Crippen LogP contribution in [0.5, 0.6) is 0 Å². The molecule has 0 bridgehead atoms. The van der Waals surface area contributed by atoms with E-state index in [1.165, 1.54) is 29.2 Å². The lowest BCUT2D eigenvalue weighted by Gasteiger charge is -2.24. The van der Waals surface area contributed by atoms with E-state index in [9.17, 15) is 19.1 Å². The van der Waals surface area contributed by atoms with Gasteiger partial charge in [0.2, 0.25) is 0 Å². The summed E-state index contributed by atoms with van der Waals surface area (Å²) in [5.41, 5.74) is 0.679. The van der Waals surface area contributed by atoms with Gasteiger partial charge in [-0.25, -0.2) is 4.39 Å². The number of Topliss-reactive ketones (excluding diaryl/α,β-unsaturated/α-hetero) is 1. The number of aromatic nitrogens is 1. The average Bonchev–Trinajstić information content (AvgIpc) is 2.96. The summed E-state index contributed by atoms with van der Waals surface area (Å²) in [7, 11) is 0. The topological polar surface area (TPSA) is 79.7 Å². The molecule has 2 heterocycles. The molecule has 1 aromatic carbocycles. The highest BCUT2D eigenvalue weighted by Crippen LogP contribution is 2.38. The second-order valence-electron chi connectivity index (χ2n) is 7.03. The fourth-order valence-corrected chi connectivity index (χ4v) is 3.27. The van der Waals surface area contributed by atoms with Gasteiger partial charge >= 0.3 is 0 Å². The molecule has 0 radical (unpaired) electrons. The standard InChI is InChI=1S/C22H23FN2O4/c1-14(2)29-13-5-12-25-19(17-6-3-4-11-24-17)18(21(27)22(25)28)20(26)15-7-9-16(23)10-8-15/h3-4,6-11,14,19,26H,5,12-13H2,1-2H3/b20-18-. The lowest BCUT2D eigenvalue weighted by Crippen LogP contribution is -2.31. The van der Waals surface area contributed by atoms with Crippen molar-refractivity contribution in [2.24, 2.45) is 0 Å². The Labute approximate surface area is 168 Å². The van der Waals surface area contributed by atoms with Gasteiger partial charge in [0.1, 0.15) is 17.6 Å². The quantitative estimate of drug-likeness (QED) is 0.334. The number of aliphatic hydroxyl groups is 1. The van der Waals surface area contributed by atoms with Crippen LogP contribution in [-0.4, -0.2) is 45.9 Å². The van der Waals surface area contributed by atoms with Crippen LogP contribution >= 0.6 is 0 Å². The number of nitrogens with zero attached hydrogens (tertiary/aromatic N) is 2. The Kier molecular flexibility index (Phi) is 6.39. The molecular formula is C22H23FN2O4. The zero-order valence-corrected chi connectivity index (χ0v) is 16.3. The molecule has 2 aromatic rings. The van der Waals surface area contributed by atoms with Gasteiger partial charge in [0.15, 0.2) is 0 Å². The maximum absolute atomic E-state index is 13.3. The van der Waals surface area contributed by atoms with Crippen LogP contribution in [0.4, 0.5) is 4.39 Å². The highest BCUT2D eigenvalue weighted by Gasteiger charge is 2.46. The number of rotatable bonds is 7. The third kappa shape index (κ3) is 4.51. The van der Waals surface area contributed by atoms with Crippen molar-refractivity contribution >= 4 is 17.4 Å². The van der Waals surface area contributed by atoms with E-state index >= 15 is 0 Å². The summed E-state index contributed by atoms with van der Waals surface area (Å²) in [5, 5.41) is 10.8. The summed E-state index contributed by atoms with van der Waals surface area (Å²) in [6.45, 7) is 4.55. The first-order chi connectivity index (χ1) is 13.9. The van der Waals surface area contributed by atoms with Crippen LogP contribution < -0.4 is 0 Å². The zero-order valence-electron chi connectivity index (χ0n) is 16.3. The lowest BCUT2D eigenvalue weighted by atomic mass is 9.98. The molecule has 1 unspecified atom stereocenters. The SMILES string of the molecule is CC(C)OCCCN1C(=O)C(=O)/C(=C(\O)c2ccc(F)cc2)C1c1ccccn1. The molecule has 3 rings (SSSR count).